The van der Waals surface area contributed by atoms with Crippen LogP contribution in [0.4, 0.5) is 0 Å². The summed E-state index contributed by atoms with van der Waals surface area (Å²) in [5, 5.41) is 3.66. The smallest absolute Gasteiger partial charge is 0.119 e. The SMILES string of the molecule is COc1ccc(Br)c(CN2CCCNC(C(C)C)C2)c1. The lowest BCUT2D eigenvalue weighted by molar-refractivity contribution is 0.238. The number of hydrogen-bond donors (Lipinski definition) is 1. The van der Waals surface area contributed by atoms with Crippen molar-refractivity contribution in [1.29, 1.82) is 0 Å². The van der Waals surface area contributed by atoms with Crippen molar-refractivity contribution in [2.45, 2.75) is 32.9 Å². The van der Waals surface area contributed by atoms with Crippen LogP contribution in [0.5, 0.6) is 5.75 Å². The van der Waals surface area contributed by atoms with Gasteiger partial charge in [0.25, 0.3) is 0 Å². The Morgan fingerprint density at radius 1 is 1.45 bits per heavy atom. The zero-order chi connectivity index (χ0) is 14.5. The topological polar surface area (TPSA) is 24.5 Å². The first-order valence-electron chi connectivity index (χ1n) is 7.38. The first-order chi connectivity index (χ1) is 9.60. The molecule has 1 unspecified atom stereocenters. The minimum absolute atomic E-state index is 0.585. The van der Waals surface area contributed by atoms with Crippen LogP contribution in [-0.4, -0.2) is 37.7 Å². The molecule has 0 aromatic heterocycles. The van der Waals surface area contributed by atoms with Gasteiger partial charge in [-0.1, -0.05) is 29.8 Å². The van der Waals surface area contributed by atoms with Crippen molar-refractivity contribution in [2.24, 2.45) is 5.92 Å². The third-order valence-electron chi connectivity index (χ3n) is 3.96. The summed E-state index contributed by atoms with van der Waals surface area (Å²) in [6.07, 6.45) is 1.21. The molecule has 0 amide bonds. The molecule has 1 aromatic rings. The summed E-state index contributed by atoms with van der Waals surface area (Å²) in [7, 11) is 1.72. The van der Waals surface area contributed by atoms with Gasteiger partial charge < -0.3 is 10.1 Å². The molecule has 1 aliphatic heterocycles. The zero-order valence-corrected chi connectivity index (χ0v) is 14.2. The number of ether oxygens (including phenoxy) is 1. The summed E-state index contributed by atoms with van der Waals surface area (Å²) >= 11 is 3.65. The highest BCUT2D eigenvalue weighted by atomic mass is 79.9. The Morgan fingerprint density at radius 2 is 2.25 bits per heavy atom. The van der Waals surface area contributed by atoms with E-state index in [-0.39, 0.29) is 0 Å². The highest BCUT2D eigenvalue weighted by Crippen LogP contribution is 2.24. The highest BCUT2D eigenvalue weighted by molar-refractivity contribution is 9.10. The van der Waals surface area contributed by atoms with Crippen molar-refractivity contribution in [2.75, 3.05) is 26.7 Å². The minimum Gasteiger partial charge on any atom is -0.497 e. The van der Waals surface area contributed by atoms with Crippen molar-refractivity contribution in [3.05, 3.63) is 28.2 Å². The number of nitrogens with one attached hydrogen (secondary N) is 1. The van der Waals surface area contributed by atoms with Crippen LogP contribution >= 0.6 is 15.9 Å². The van der Waals surface area contributed by atoms with Gasteiger partial charge in [-0.25, -0.2) is 0 Å². The van der Waals surface area contributed by atoms with Gasteiger partial charge in [0.05, 0.1) is 7.11 Å². The van der Waals surface area contributed by atoms with Crippen molar-refractivity contribution in [1.82, 2.24) is 10.2 Å². The predicted molar refractivity (Wildman–Crippen MR) is 87.2 cm³/mol. The Balaban J connectivity index is 2.07. The van der Waals surface area contributed by atoms with Gasteiger partial charge in [0.1, 0.15) is 5.75 Å². The molecule has 0 spiro atoms. The van der Waals surface area contributed by atoms with Crippen molar-refractivity contribution < 1.29 is 4.74 Å². The average Bonchev–Trinajstić information content (AvgIpc) is 2.67. The number of halogens is 1. The first-order valence-corrected chi connectivity index (χ1v) is 8.17. The Kier molecular flexibility index (Phi) is 5.87. The number of nitrogens with zero attached hydrogens (tertiary/aromatic N) is 1. The molecule has 1 atom stereocenters. The van der Waals surface area contributed by atoms with Gasteiger partial charge in [0.2, 0.25) is 0 Å². The van der Waals surface area contributed by atoms with E-state index < -0.39 is 0 Å². The number of methoxy groups -OCH3 is 1. The normalized spacial score (nSPS) is 20.9. The van der Waals surface area contributed by atoms with Crippen LogP contribution in [0, 0.1) is 5.92 Å². The van der Waals surface area contributed by atoms with Crippen LogP contribution in [0.2, 0.25) is 0 Å². The molecule has 0 radical (unpaired) electrons. The molecule has 3 nitrogen and oxygen atoms in total. The van der Waals surface area contributed by atoms with Crippen LogP contribution < -0.4 is 10.1 Å². The molecule has 1 fully saturated rings. The zero-order valence-electron chi connectivity index (χ0n) is 12.7. The molecule has 0 aliphatic carbocycles. The molecular weight excluding hydrogens is 316 g/mol. The highest BCUT2D eigenvalue weighted by Gasteiger charge is 2.20. The van der Waals surface area contributed by atoms with Gasteiger partial charge in [-0.05, 0) is 49.2 Å². The van der Waals surface area contributed by atoms with E-state index in [0.717, 1.165) is 36.4 Å². The molecule has 1 N–H and O–H groups in total. The quantitative estimate of drug-likeness (QED) is 0.910. The molecule has 4 heteroatoms. The predicted octanol–water partition coefficient (Wildman–Crippen LogP) is 3.28. The summed E-state index contributed by atoms with van der Waals surface area (Å²) < 4.78 is 6.49. The van der Waals surface area contributed by atoms with Gasteiger partial charge in [-0.15, -0.1) is 0 Å². The lowest BCUT2D eigenvalue weighted by Gasteiger charge is -2.27. The molecular formula is C16H25BrN2O. The fraction of sp³-hybridized carbons (Fsp3) is 0.625. The molecule has 112 valence electrons. The number of hydrogen-bond acceptors (Lipinski definition) is 3. The summed E-state index contributed by atoms with van der Waals surface area (Å²) in [5.74, 6) is 1.60. The minimum atomic E-state index is 0.585. The molecule has 2 rings (SSSR count). The summed E-state index contributed by atoms with van der Waals surface area (Å²) in [6.45, 7) is 8.95. The van der Waals surface area contributed by atoms with E-state index in [0.29, 0.717) is 12.0 Å². The number of benzene rings is 1. The van der Waals surface area contributed by atoms with E-state index in [9.17, 15) is 0 Å². The monoisotopic (exact) mass is 340 g/mol. The lowest BCUT2D eigenvalue weighted by atomic mass is 10.0. The van der Waals surface area contributed by atoms with E-state index in [1.807, 2.05) is 6.07 Å². The third kappa shape index (κ3) is 4.21. The summed E-state index contributed by atoms with van der Waals surface area (Å²) in [4.78, 5) is 2.55. The van der Waals surface area contributed by atoms with E-state index in [2.05, 4.69) is 52.1 Å². The molecule has 1 heterocycles. The van der Waals surface area contributed by atoms with E-state index in [1.165, 1.54) is 12.0 Å². The fourth-order valence-electron chi connectivity index (χ4n) is 2.65. The van der Waals surface area contributed by atoms with Crippen molar-refractivity contribution >= 4 is 15.9 Å². The van der Waals surface area contributed by atoms with Crippen LogP contribution in [0.15, 0.2) is 22.7 Å². The molecule has 1 saturated heterocycles. The standard InChI is InChI=1S/C16H25BrN2O/c1-12(2)16-11-19(8-4-7-18-16)10-13-9-14(20-3)5-6-15(13)17/h5-6,9,12,16,18H,4,7-8,10-11H2,1-3H3. The maximum Gasteiger partial charge on any atom is 0.119 e. The van der Waals surface area contributed by atoms with Gasteiger partial charge in [0, 0.05) is 23.6 Å². The van der Waals surface area contributed by atoms with E-state index in [1.54, 1.807) is 7.11 Å². The summed E-state index contributed by atoms with van der Waals surface area (Å²) in [6, 6.07) is 6.78. The Hall–Kier alpha value is -0.580. The van der Waals surface area contributed by atoms with Gasteiger partial charge in [0.15, 0.2) is 0 Å². The molecule has 0 saturated carbocycles. The molecule has 0 bridgehead atoms. The molecule has 1 aliphatic rings. The van der Waals surface area contributed by atoms with Crippen LogP contribution in [0.1, 0.15) is 25.8 Å². The second kappa shape index (κ2) is 7.43. The average molecular weight is 341 g/mol. The molecule has 20 heavy (non-hydrogen) atoms. The maximum absolute atomic E-state index is 5.33. The van der Waals surface area contributed by atoms with Crippen LogP contribution in [0.3, 0.4) is 0 Å². The van der Waals surface area contributed by atoms with Crippen LogP contribution in [-0.2, 0) is 6.54 Å². The number of rotatable bonds is 4. The second-order valence-corrected chi connectivity index (χ2v) is 6.70. The first kappa shape index (κ1) is 15.8. The summed E-state index contributed by atoms with van der Waals surface area (Å²) in [5.41, 5.74) is 1.30. The van der Waals surface area contributed by atoms with Gasteiger partial charge >= 0.3 is 0 Å². The Labute approximate surface area is 130 Å². The van der Waals surface area contributed by atoms with Crippen molar-refractivity contribution in [3.8, 4) is 5.75 Å². The second-order valence-electron chi connectivity index (χ2n) is 5.85. The molecule has 1 aromatic carbocycles. The van der Waals surface area contributed by atoms with Gasteiger partial charge in [-0.3, -0.25) is 4.90 Å². The largest absolute Gasteiger partial charge is 0.497 e. The maximum atomic E-state index is 5.33. The fourth-order valence-corrected chi connectivity index (χ4v) is 3.03. The van der Waals surface area contributed by atoms with Gasteiger partial charge in [-0.2, -0.15) is 0 Å². The Bertz CT molecular complexity index is 436. The van der Waals surface area contributed by atoms with E-state index in [4.69, 9.17) is 4.74 Å². The lowest BCUT2D eigenvalue weighted by Crippen LogP contribution is -2.41. The Morgan fingerprint density at radius 3 is 2.95 bits per heavy atom. The third-order valence-corrected chi connectivity index (χ3v) is 4.74. The van der Waals surface area contributed by atoms with Crippen molar-refractivity contribution in [3.63, 3.8) is 0 Å². The van der Waals surface area contributed by atoms with E-state index >= 15 is 0 Å². The van der Waals surface area contributed by atoms with Crippen LogP contribution in [0.25, 0.3) is 0 Å².